The number of benzene rings is 1. The Kier molecular flexibility index (Phi) is 2.54. The van der Waals surface area contributed by atoms with Crippen molar-refractivity contribution in [1.29, 1.82) is 0 Å². The first kappa shape index (κ1) is 9.99. The highest BCUT2D eigenvalue weighted by molar-refractivity contribution is 9.10. The van der Waals surface area contributed by atoms with Gasteiger partial charge in [-0.3, -0.25) is 0 Å². The maximum Gasteiger partial charge on any atom is 0.0530 e. The Morgan fingerprint density at radius 2 is 2.14 bits per heavy atom. The van der Waals surface area contributed by atoms with Crippen molar-refractivity contribution in [3.8, 4) is 0 Å². The van der Waals surface area contributed by atoms with Crippen molar-refractivity contribution in [1.82, 2.24) is 5.32 Å². The molecule has 0 amide bonds. The Labute approximate surface area is 93.2 Å². The number of rotatable bonds is 0. The van der Waals surface area contributed by atoms with E-state index >= 15 is 0 Å². The molecule has 0 aliphatic carbocycles. The lowest BCUT2D eigenvalue weighted by molar-refractivity contribution is 0.415. The predicted octanol–water partition coefficient (Wildman–Crippen LogP) is 2.74. The molecule has 1 aliphatic heterocycles. The minimum absolute atomic E-state index is 0.151. The van der Waals surface area contributed by atoms with E-state index < -0.39 is 0 Å². The van der Waals surface area contributed by atoms with E-state index in [1.54, 1.807) is 0 Å². The van der Waals surface area contributed by atoms with Gasteiger partial charge in [0.1, 0.15) is 0 Å². The van der Waals surface area contributed by atoms with Gasteiger partial charge < -0.3 is 10.6 Å². The highest BCUT2D eigenvalue weighted by Crippen LogP contribution is 2.28. The number of hydrogen-bond donors (Lipinski definition) is 2. The molecule has 2 N–H and O–H groups in total. The van der Waals surface area contributed by atoms with Crippen LogP contribution < -0.4 is 10.6 Å². The van der Waals surface area contributed by atoms with Crippen LogP contribution in [0.15, 0.2) is 22.7 Å². The summed E-state index contributed by atoms with van der Waals surface area (Å²) in [5.74, 6) is 0. The molecule has 1 aromatic rings. The zero-order valence-corrected chi connectivity index (χ0v) is 10.1. The lowest BCUT2D eigenvalue weighted by Crippen LogP contribution is -2.42. The summed E-state index contributed by atoms with van der Waals surface area (Å²) in [5.41, 5.74) is 2.70. The second-order valence-corrected chi connectivity index (χ2v) is 5.22. The highest BCUT2D eigenvalue weighted by atomic mass is 79.9. The number of hydrogen-bond acceptors (Lipinski definition) is 2. The van der Waals surface area contributed by atoms with E-state index in [1.165, 1.54) is 11.3 Å². The van der Waals surface area contributed by atoms with Crippen LogP contribution in [0.4, 0.5) is 5.69 Å². The average Bonchev–Trinajstić information content (AvgIpc) is 2.27. The van der Waals surface area contributed by atoms with Crippen molar-refractivity contribution in [2.45, 2.75) is 25.9 Å². The smallest absolute Gasteiger partial charge is 0.0530 e. The van der Waals surface area contributed by atoms with Crippen molar-refractivity contribution in [3.05, 3.63) is 28.2 Å². The van der Waals surface area contributed by atoms with Crippen molar-refractivity contribution in [3.63, 3.8) is 0 Å². The van der Waals surface area contributed by atoms with Gasteiger partial charge in [0.2, 0.25) is 0 Å². The summed E-state index contributed by atoms with van der Waals surface area (Å²) in [7, 11) is 0. The molecule has 1 aromatic carbocycles. The first-order valence-corrected chi connectivity index (χ1v) is 5.64. The lowest BCUT2D eigenvalue weighted by Gasteiger charge is -2.23. The highest BCUT2D eigenvalue weighted by Gasteiger charge is 2.21. The summed E-state index contributed by atoms with van der Waals surface area (Å²) in [4.78, 5) is 0. The Balaban J connectivity index is 2.34. The van der Waals surface area contributed by atoms with Gasteiger partial charge in [-0.05, 0) is 41.4 Å². The van der Waals surface area contributed by atoms with Gasteiger partial charge in [0.05, 0.1) is 5.69 Å². The van der Waals surface area contributed by atoms with Crippen LogP contribution >= 0.6 is 15.9 Å². The third-order valence-corrected chi connectivity index (χ3v) is 3.23. The molecule has 0 saturated carbocycles. The maximum absolute atomic E-state index is 3.56. The molecular weight excluding hydrogens is 240 g/mol. The van der Waals surface area contributed by atoms with Crippen LogP contribution in [0.5, 0.6) is 0 Å². The standard InChI is InChI=1S/C11H15BrN2/c1-11(2)7-13-10-8(6-14-11)4-3-5-9(10)12/h3-5,13-14H,6-7H2,1-2H3. The summed E-state index contributed by atoms with van der Waals surface area (Å²) in [6.45, 7) is 6.29. The Morgan fingerprint density at radius 3 is 2.93 bits per heavy atom. The lowest BCUT2D eigenvalue weighted by atomic mass is 10.1. The minimum Gasteiger partial charge on any atom is -0.382 e. The molecule has 0 unspecified atom stereocenters. The van der Waals surface area contributed by atoms with Crippen molar-refractivity contribution < 1.29 is 0 Å². The van der Waals surface area contributed by atoms with Gasteiger partial charge in [-0.25, -0.2) is 0 Å². The first-order chi connectivity index (χ1) is 6.58. The van der Waals surface area contributed by atoms with Crippen LogP contribution in [0, 0.1) is 0 Å². The minimum atomic E-state index is 0.151. The number of para-hydroxylation sites is 1. The van der Waals surface area contributed by atoms with Crippen LogP contribution in [0.1, 0.15) is 19.4 Å². The quantitative estimate of drug-likeness (QED) is 0.744. The monoisotopic (exact) mass is 254 g/mol. The van der Waals surface area contributed by atoms with Crippen molar-refractivity contribution in [2.75, 3.05) is 11.9 Å². The topological polar surface area (TPSA) is 24.1 Å². The molecule has 0 bridgehead atoms. The molecule has 0 radical (unpaired) electrons. The van der Waals surface area contributed by atoms with E-state index in [-0.39, 0.29) is 5.54 Å². The van der Waals surface area contributed by atoms with Crippen molar-refractivity contribution >= 4 is 21.6 Å². The molecule has 76 valence electrons. The molecule has 0 fully saturated rings. The van der Waals surface area contributed by atoms with Crippen LogP contribution in [0.3, 0.4) is 0 Å². The number of anilines is 1. The molecule has 0 atom stereocenters. The van der Waals surface area contributed by atoms with Gasteiger partial charge in [-0.15, -0.1) is 0 Å². The number of halogens is 1. The molecule has 0 saturated heterocycles. The largest absolute Gasteiger partial charge is 0.382 e. The van der Waals surface area contributed by atoms with Gasteiger partial charge in [-0.2, -0.15) is 0 Å². The van der Waals surface area contributed by atoms with Gasteiger partial charge in [0.25, 0.3) is 0 Å². The normalized spacial score (nSPS) is 19.4. The van der Waals surface area contributed by atoms with E-state index in [4.69, 9.17) is 0 Å². The van der Waals surface area contributed by atoms with E-state index in [2.05, 4.69) is 58.6 Å². The second-order valence-electron chi connectivity index (χ2n) is 4.36. The molecule has 2 nitrogen and oxygen atoms in total. The molecular formula is C11H15BrN2. The van der Waals surface area contributed by atoms with Crippen LogP contribution in [0.25, 0.3) is 0 Å². The molecule has 1 aliphatic rings. The fourth-order valence-electron chi connectivity index (χ4n) is 1.62. The van der Waals surface area contributed by atoms with E-state index in [9.17, 15) is 0 Å². The first-order valence-electron chi connectivity index (χ1n) is 4.85. The molecule has 3 heteroatoms. The number of nitrogens with one attached hydrogen (secondary N) is 2. The van der Waals surface area contributed by atoms with E-state index in [0.717, 1.165) is 17.6 Å². The zero-order valence-electron chi connectivity index (χ0n) is 8.52. The van der Waals surface area contributed by atoms with Crippen molar-refractivity contribution in [2.24, 2.45) is 0 Å². The fraction of sp³-hybridized carbons (Fsp3) is 0.455. The summed E-state index contributed by atoms with van der Waals surface area (Å²) >= 11 is 3.56. The molecule has 1 heterocycles. The predicted molar refractivity (Wildman–Crippen MR) is 63.6 cm³/mol. The Bertz CT molecular complexity index is 347. The zero-order chi connectivity index (χ0) is 10.2. The van der Waals surface area contributed by atoms with Gasteiger partial charge in [0.15, 0.2) is 0 Å². The van der Waals surface area contributed by atoms with Gasteiger partial charge in [-0.1, -0.05) is 12.1 Å². The SMILES string of the molecule is CC1(C)CNc2c(Br)cccc2CN1. The fourth-order valence-corrected chi connectivity index (χ4v) is 2.17. The van der Waals surface area contributed by atoms with Crippen LogP contribution in [-0.2, 0) is 6.54 Å². The number of fused-ring (bicyclic) bond motifs is 1. The third kappa shape index (κ3) is 1.93. The van der Waals surface area contributed by atoms with E-state index in [0.29, 0.717) is 0 Å². The maximum atomic E-state index is 3.56. The summed E-state index contributed by atoms with van der Waals surface area (Å²) in [6.07, 6.45) is 0. The second kappa shape index (κ2) is 3.55. The molecule has 2 rings (SSSR count). The summed E-state index contributed by atoms with van der Waals surface area (Å²) in [5, 5.41) is 7.00. The van der Waals surface area contributed by atoms with Crippen LogP contribution in [-0.4, -0.2) is 12.1 Å². The molecule has 14 heavy (non-hydrogen) atoms. The Morgan fingerprint density at radius 1 is 1.36 bits per heavy atom. The van der Waals surface area contributed by atoms with Gasteiger partial charge >= 0.3 is 0 Å². The summed E-state index contributed by atoms with van der Waals surface area (Å²) < 4.78 is 1.15. The Hall–Kier alpha value is -0.540. The average molecular weight is 255 g/mol. The van der Waals surface area contributed by atoms with E-state index in [1.807, 2.05) is 0 Å². The summed E-state index contributed by atoms with van der Waals surface area (Å²) in [6, 6.07) is 6.30. The molecule has 0 aromatic heterocycles. The van der Waals surface area contributed by atoms with Crippen LogP contribution in [0.2, 0.25) is 0 Å². The molecule has 0 spiro atoms. The third-order valence-electron chi connectivity index (χ3n) is 2.56. The van der Waals surface area contributed by atoms with Gasteiger partial charge in [0, 0.05) is 23.1 Å².